The summed E-state index contributed by atoms with van der Waals surface area (Å²) in [7, 11) is 0. The van der Waals surface area contributed by atoms with E-state index in [1.807, 2.05) is 0 Å². The van der Waals surface area contributed by atoms with Crippen LogP contribution in [-0.4, -0.2) is 9.36 Å². The summed E-state index contributed by atoms with van der Waals surface area (Å²) in [5, 5.41) is 0. The summed E-state index contributed by atoms with van der Waals surface area (Å²) in [6, 6.07) is 8.53. The maximum atomic E-state index is 5.99. The Bertz CT molecular complexity index is 493. The van der Waals surface area contributed by atoms with Gasteiger partial charge in [-0.1, -0.05) is 37.7 Å². The van der Waals surface area contributed by atoms with Crippen molar-refractivity contribution in [2.45, 2.75) is 42.0 Å². The minimum Gasteiger partial charge on any atom is -0.324 e. The minimum atomic E-state index is 0.136. The summed E-state index contributed by atoms with van der Waals surface area (Å²) in [5.74, 6) is 0.923. The molecule has 1 unspecified atom stereocenters. The third-order valence-corrected chi connectivity index (χ3v) is 4.52. The number of aromatic nitrogens is 2. The van der Waals surface area contributed by atoms with E-state index in [2.05, 4.69) is 47.5 Å². The Morgan fingerprint density at radius 2 is 2.00 bits per heavy atom. The van der Waals surface area contributed by atoms with Gasteiger partial charge in [0.15, 0.2) is 4.34 Å². The average molecular weight is 279 g/mol. The number of aryl methyl sites for hydroxylation is 1. The van der Waals surface area contributed by atoms with E-state index in [1.54, 1.807) is 11.8 Å². The van der Waals surface area contributed by atoms with Crippen molar-refractivity contribution >= 4 is 23.3 Å². The molecule has 2 rings (SSSR count). The smallest absolute Gasteiger partial charge is 0.174 e. The predicted molar refractivity (Wildman–Crippen MR) is 77.1 cm³/mol. The van der Waals surface area contributed by atoms with E-state index in [0.29, 0.717) is 0 Å². The molecule has 0 fully saturated rings. The average Bonchev–Trinajstić information content (AvgIpc) is 2.86. The van der Waals surface area contributed by atoms with E-state index < -0.39 is 0 Å². The van der Waals surface area contributed by atoms with Crippen LogP contribution in [0.1, 0.15) is 37.7 Å². The molecule has 0 radical (unpaired) electrons. The summed E-state index contributed by atoms with van der Waals surface area (Å²) in [6.45, 7) is 4.16. The molecule has 0 saturated heterocycles. The topological polar surface area (TPSA) is 51.8 Å². The highest BCUT2D eigenvalue weighted by Crippen LogP contribution is 2.29. The largest absolute Gasteiger partial charge is 0.324 e. The molecule has 1 atom stereocenters. The molecule has 0 aliphatic rings. The van der Waals surface area contributed by atoms with Crippen LogP contribution in [0.2, 0.25) is 0 Å². The molecular weight excluding hydrogens is 262 g/mol. The highest BCUT2D eigenvalue weighted by atomic mass is 32.2. The van der Waals surface area contributed by atoms with Gasteiger partial charge in [0.1, 0.15) is 5.82 Å². The Balaban J connectivity index is 2.06. The SMILES string of the molecule is CCc1nsc(Sc2ccc(C(N)CC)cc2)n1. The van der Waals surface area contributed by atoms with Crippen molar-refractivity contribution in [2.75, 3.05) is 0 Å². The van der Waals surface area contributed by atoms with Crippen molar-refractivity contribution in [1.82, 2.24) is 9.36 Å². The summed E-state index contributed by atoms with van der Waals surface area (Å²) in [5.41, 5.74) is 7.18. The summed E-state index contributed by atoms with van der Waals surface area (Å²) >= 11 is 3.12. The van der Waals surface area contributed by atoms with Crippen molar-refractivity contribution < 1.29 is 0 Å². The second-order valence-corrected chi connectivity index (χ2v) is 6.09. The van der Waals surface area contributed by atoms with Gasteiger partial charge in [0, 0.05) is 17.4 Å². The number of hydrogen-bond donors (Lipinski definition) is 1. The predicted octanol–water partition coefficient (Wildman–Crippen LogP) is 3.66. The highest BCUT2D eigenvalue weighted by molar-refractivity contribution is 8.01. The van der Waals surface area contributed by atoms with Crippen LogP contribution in [0.15, 0.2) is 33.5 Å². The molecule has 0 aliphatic carbocycles. The lowest BCUT2D eigenvalue weighted by atomic mass is 10.1. The van der Waals surface area contributed by atoms with E-state index in [1.165, 1.54) is 22.0 Å². The van der Waals surface area contributed by atoms with Crippen molar-refractivity contribution in [1.29, 1.82) is 0 Å². The third kappa shape index (κ3) is 3.31. The number of nitrogens with zero attached hydrogens (tertiary/aromatic N) is 2. The first-order valence-corrected chi connectivity index (χ1v) is 7.68. The van der Waals surface area contributed by atoms with Gasteiger partial charge in [-0.3, -0.25) is 0 Å². The fourth-order valence-corrected chi connectivity index (χ4v) is 3.22. The third-order valence-electron chi connectivity index (χ3n) is 2.72. The zero-order chi connectivity index (χ0) is 13.0. The first-order valence-electron chi connectivity index (χ1n) is 6.09. The first kappa shape index (κ1) is 13.5. The Morgan fingerprint density at radius 3 is 2.56 bits per heavy atom. The van der Waals surface area contributed by atoms with Crippen LogP contribution >= 0.6 is 23.3 Å². The van der Waals surface area contributed by atoms with E-state index in [9.17, 15) is 0 Å². The van der Waals surface area contributed by atoms with E-state index >= 15 is 0 Å². The summed E-state index contributed by atoms with van der Waals surface area (Å²) < 4.78 is 5.28. The van der Waals surface area contributed by atoms with Gasteiger partial charge in [-0.2, -0.15) is 4.37 Å². The van der Waals surface area contributed by atoms with Gasteiger partial charge in [-0.25, -0.2) is 4.98 Å². The normalized spacial score (nSPS) is 12.6. The van der Waals surface area contributed by atoms with Gasteiger partial charge >= 0.3 is 0 Å². The van der Waals surface area contributed by atoms with Gasteiger partial charge in [0.05, 0.1) is 0 Å². The molecule has 0 aliphatic heterocycles. The fourth-order valence-electron chi connectivity index (χ4n) is 1.54. The Hall–Kier alpha value is -0.910. The zero-order valence-electron chi connectivity index (χ0n) is 10.6. The second kappa shape index (κ2) is 6.31. The number of hydrogen-bond acceptors (Lipinski definition) is 5. The van der Waals surface area contributed by atoms with Gasteiger partial charge < -0.3 is 5.73 Å². The van der Waals surface area contributed by atoms with Crippen LogP contribution < -0.4 is 5.73 Å². The molecule has 2 aromatic rings. The molecule has 0 spiro atoms. The van der Waals surface area contributed by atoms with Crippen molar-refractivity contribution in [3.63, 3.8) is 0 Å². The monoisotopic (exact) mass is 279 g/mol. The standard InChI is InChI=1S/C13H17N3S2/c1-3-11(14)9-5-7-10(8-6-9)17-13-15-12(4-2)16-18-13/h5-8,11H,3-4,14H2,1-2H3. The minimum absolute atomic E-state index is 0.136. The molecule has 0 saturated carbocycles. The van der Waals surface area contributed by atoms with Crippen molar-refractivity contribution in [2.24, 2.45) is 5.73 Å². The molecule has 2 N–H and O–H groups in total. The van der Waals surface area contributed by atoms with Crippen LogP contribution in [-0.2, 0) is 6.42 Å². The molecule has 0 bridgehead atoms. The molecule has 1 heterocycles. The Morgan fingerprint density at radius 1 is 1.28 bits per heavy atom. The van der Waals surface area contributed by atoms with Crippen molar-refractivity contribution in [3.8, 4) is 0 Å². The summed E-state index contributed by atoms with van der Waals surface area (Å²) in [4.78, 5) is 5.62. The lowest BCUT2D eigenvalue weighted by Crippen LogP contribution is -2.07. The second-order valence-electron chi connectivity index (χ2n) is 4.02. The molecular formula is C13H17N3S2. The number of benzene rings is 1. The van der Waals surface area contributed by atoms with E-state index in [0.717, 1.165) is 23.0 Å². The van der Waals surface area contributed by atoms with Gasteiger partial charge in [0.2, 0.25) is 0 Å². The lowest BCUT2D eigenvalue weighted by Gasteiger charge is -2.09. The van der Waals surface area contributed by atoms with Gasteiger partial charge in [-0.15, -0.1) is 0 Å². The fraction of sp³-hybridized carbons (Fsp3) is 0.385. The maximum Gasteiger partial charge on any atom is 0.174 e. The van der Waals surface area contributed by atoms with Gasteiger partial charge in [0.25, 0.3) is 0 Å². The van der Waals surface area contributed by atoms with Crippen LogP contribution in [0, 0.1) is 0 Å². The Kier molecular flexibility index (Phi) is 4.74. The molecule has 0 amide bonds. The molecule has 3 nitrogen and oxygen atoms in total. The first-order chi connectivity index (χ1) is 8.72. The molecule has 18 heavy (non-hydrogen) atoms. The zero-order valence-corrected chi connectivity index (χ0v) is 12.2. The van der Waals surface area contributed by atoms with E-state index in [-0.39, 0.29) is 6.04 Å². The molecule has 1 aromatic carbocycles. The highest BCUT2D eigenvalue weighted by Gasteiger charge is 2.06. The summed E-state index contributed by atoms with van der Waals surface area (Å²) in [6.07, 6.45) is 1.85. The van der Waals surface area contributed by atoms with Crippen molar-refractivity contribution in [3.05, 3.63) is 35.7 Å². The number of nitrogens with two attached hydrogens (primary N) is 1. The number of rotatable bonds is 5. The van der Waals surface area contributed by atoms with Crippen LogP contribution in [0.5, 0.6) is 0 Å². The van der Waals surface area contributed by atoms with Gasteiger partial charge in [-0.05, 0) is 35.6 Å². The molecule has 1 aromatic heterocycles. The molecule has 5 heteroatoms. The maximum absolute atomic E-state index is 5.99. The quantitative estimate of drug-likeness (QED) is 0.907. The molecule has 96 valence electrons. The van der Waals surface area contributed by atoms with Crippen LogP contribution in [0.25, 0.3) is 0 Å². The van der Waals surface area contributed by atoms with E-state index in [4.69, 9.17) is 5.73 Å². The van der Waals surface area contributed by atoms with Crippen LogP contribution in [0.4, 0.5) is 0 Å². The Labute approximate surface area is 116 Å². The van der Waals surface area contributed by atoms with Crippen LogP contribution in [0.3, 0.4) is 0 Å². The lowest BCUT2D eigenvalue weighted by molar-refractivity contribution is 0.698.